The first-order valence-corrected chi connectivity index (χ1v) is 7.42. The van der Waals surface area contributed by atoms with Crippen LogP contribution in [0.5, 0.6) is 0 Å². The van der Waals surface area contributed by atoms with Crippen LogP contribution in [0.15, 0.2) is 0 Å². The van der Waals surface area contributed by atoms with Crippen molar-refractivity contribution in [2.45, 2.75) is 51.6 Å². The maximum absolute atomic E-state index is 12.4. The van der Waals surface area contributed by atoms with Gasteiger partial charge >= 0.3 is 12.0 Å². The summed E-state index contributed by atoms with van der Waals surface area (Å²) in [6, 6.07) is -0.807. The molecule has 0 spiro atoms. The molecule has 1 unspecified atom stereocenters. The van der Waals surface area contributed by atoms with Gasteiger partial charge in [-0.25, -0.2) is 9.59 Å². The van der Waals surface area contributed by atoms with Gasteiger partial charge in [0.1, 0.15) is 6.04 Å². The van der Waals surface area contributed by atoms with Gasteiger partial charge in [-0.1, -0.05) is 13.8 Å². The Kier molecular flexibility index (Phi) is 4.52. The van der Waals surface area contributed by atoms with E-state index in [4.69, 9.17) is 0 Å². The summed E-state index contributed by atoms with van der Waals surface area (Å²) in [6.45, 7) is 6.18. The van der Waals surface area contributed by atoms with E-state index in [1.807, 2.05) is 13.8 Å². The van der Waals surface area contributed by atoms with Gasteiger partial charge in [-0.15, -0.1) is 0 Å². The van der Waals surface area contributed by atoms with Crippen molar-refractivity contribution in [3.8, 4) is 0 Å². The number of hydrogen-bond donors (Lipinski definition) is 3. The molecule has 2 amide bonds. The maximum atomic E-state index is 12.4. The summed E-state index contributed by atoms with van der Waals surface area (Å²) in [6.07, 6.45) is 3.50. The van der Waals surface area contributed by atoms with Crippen molar-refractivity contribution in [1.29, 1.82) is 0 Å². The SMILES string of the molecule is CC1(C)CCCN(C(=O)NC2CCNCC2)C1C(=O)O. The van der Waals surface area contributed by atoms with E-state index in [0.717, 1.165) is 38.8 Å². The van der Waals surface area contributed by atoms with Gasteiger partial charge in [-0.3, -0.25) is 0 Å². The van der Waals surface area contributed by atoms with Crippen LogP contribution in [0.1, 0.15) is 39.5 Å². The summed E-state index contributed by atoms with van der Waals surface area (Å²) < 4.78 is 0. The molecule has 2 heterocycles. The molecule has 1 atom stereocenters. The number of aliphatic carboxylic acids is 1. The van der Waals surface area contributed by atoms with Gasteiger partial charge in [0.05, 0.1) is 0 Å². The zero-order chi connectivity index (χ0) is 14.8. The van der Waals surface area contributed by atoms with Crippen LogP contribution in [0.25, 0.3) is 0 Å². The van der Waals surface area contributed by atoms with E-state index in [0.29, 0.717) is 6.54 Å². The van der Waals surface area contributed by atoms with Gasteiger partial charge in [0, 0.05) is 12.6 Å². The Labute approximate surface area is 119 Å². The number of carbonyl (C=O) groups excluding carboxylic acids is 1. The molecular formula is C14H25N3O3. The Balaban J connectivity index is 2.04. The highest BCUT2D eigenvalue weighted by Crippen LogP contribution is 2.35. The average Bonchev–Trinajstić information content (AvgIpc) is 2.37. The Bertz CT molecular complexity index is 378. The second kappa shape index (κ2) is 5.99. The topological polar surface area (TPSA) is 81.7 Å². The standard InChI is InChI=1S/C14H25N3O3/c1-14(2)6-3-9-17(11(14)12(18)19)13(20)16-10-4-7-15-8-5-10/h10-11,15H,3-9H2,1-2H3,(H,16,20)(H,18,19). The summed E-state index contributed by atoms with van der Waals surface area (Å²) in [7, 11) is 0. The maximum Gasteiger partial charge on any atom is 0.327 e. The van der Waals surface area contributed by atoms with Crippen molar-refractivity contribution < 1.29 is 14.7 Å². The lowest BCUT2D eigenvalue weighted by Crippen LogP contribution is -2.60. The largest absolute Gasteiger partial charge is 0.480 e. The first kappa shape index (κ1) is 15.1. The predicted octanol–water partition coefficient (Wildman–Crippen LogP) is 1.02. The molecule has 2 aliphatic heterocycles. The molecule has 0 aromatic heterocycles. The lowest BCUT2D eigenvalue weighted by molar-refractivity contribution is -0.148. The smallest absolute Gasteiger partial charge is 0.327 e. The highest BCUT2D eigenvalue weighted by Gasteiger charge is 2.44. The molecule has 2 aliphatic rings. The number of nitrogens with one attached hydrogen (secondary N) is 2. The van der Waals surface area contributed by atoms with Crippen molar-refractivity contribution in [2.75, 3.05) is 19.6 Å². The van der Waals surface area contributed by atoms with Crippen LogP contribution in [-0.2, 0) is 4.79 Å². The van der Waals surface area contributed by atoms with Crippen molar-refractivity contribution in [1.82, 2.24) is 15.5 Å². The first-order valence-electron chi connectivity index (χ1n) is 7.42. The van der Waals surface area contributed by atoms with Crippen LogP contribution in [-0.4, -0.2) is 53.7 Å². The Hall–Kier alpha value is -1.30. The molecule has 2 fully saturated rings. The zero-order valence-corrected chi connectivity index (χ0v) is 12.3. The molecule has 6 nitrogen and oxygen atoms in total. The third kappa shape index (κ3) is 3.23. The fourth-order valence-corrected chi connectivity index (χ4v) is 3.30. The predicted molar refractivity (Wildman–Crippen MR) is 75.6 cm³/mol. The van der Waals surface area contributed by atoms with Crippen LogP contribution in [0, 0.1) is 5.41 Å². The van der Waals surface area contributed by atoms with E-state index in [-0.39, 0.29) is 17.5 Å². The second-order valence-electron chi connectivity index (χ2n) is 6.50. The van der Waals surface area contributed by atoms with Crippen LogP contribution in [0.4, 0.5) is 4.79 Å². The number of urea groups is 1. The highest BCUT2D eigenvalue weighted by atomic mass is 16.4. The Morgan fingerprint density at radius 1 is 1.30 bits per heavy atom. The van der Waals surface area contributed by atoms with Gasteiger partial charge in [0.2, 0.25) is 0 Å². The molecule has 6 heteroatoms. The van der Waals surface area contributed by atoms with Crippen LogP contribution in [0.3, 0.4) is 0 Å². The fourth-order valence-electron chi connectivity index (χ4n) is 3.30. The number of likely N-dealkylation sites (tertiary alicyclic amines) is 1. The summed E-state index contributed by atoms with van der Waals surface area (Å²) >= 11 is 0. The third-order valence-electron chi connectivity index (χ3n) is 4.43. The summed E-state index contributed by atoms with van der Waals surface area (Å²) in [5.74, 6) is -0.907. The van der Waals surface area contributed by atoms with E-state index < -0.39 is 12.0 Å². The van der Waals surface area contributed by atoms with Crippen molar-refractivity contribution in [3.63, 3.8) is 0 Å². The number of carbonyl (C=O) groups is 2. The number of carboxylic acid groups (broad SMARTS) is 1. The Morgan fingerprint density at radius 2 is 1.95 bits per heavy atom. The van der Waals surface area contributed by atoms with E-state index in [9.17, 15) is 14.7 Å². The van der Waals surface area contributed by atoms with E-state index >= 15 is 0 Å². The molecule has 0 aromatic carbocycles. The van der Waals surface area contributed by atoms with Crippen LogP contribution < -0.4 is 10.6 Å². The van der Waals surface area contributed by atoms with E-state index in [1.165, 1.54) is 4.90 Å². The number of carboxylic acids is 1. The molecule has 114 valence electrons. The van der Waals surface area contributed by atoms with Gasteiger partial charge < -0.3 is 20.6 Å². The summed E-state index contributed by atoms with van der Waals surface area (Å²) in [5, 5.41) is 15.7. The van der Waals surface area contributed by atoms with Gasteiger partial charge in [-0.2, -0.15) is 0 Å². The molecule has 0 saturated carbocycles. The molecule has 3 N–H and O–H groups in total. The minimum absolute atomic E-state index is 0.156. The number of hydrogen-bond acceptors (Lipinski definition) is 3. The quantitative estimate of drug-likeness (QED) is 0.707. The van der Waals surface area contributed by atoms with Gasteiger partial charge in [-0.05, 0) is 44.2 Å². The lowest BCUT2D eigenvalue weighted by atomic mass is 9.76. The van der Waals surface area contributed by atoms with Crippen LogP contribution in [0.2, 0.25) is 0 Å². The molecule has 0 bridgehead atoms. The summed E-state index contributed by atoms with van der Waals surface area (Å²) in [4.78, 5) is 25.5. The minimum atomic E-state index is -0.907. The fraction of sp³-hybridized carbons (Fsp3) is 0.857. The molecule has 2 saturated heterocycles. The average molecular weight is 283 g/mol. The molecule has 20 heavy (non-hydrogen) atoms. The number of piperidine rings is 2. The molecule has 0 aliphatic carbocycles. The minimum Gasteiger partial charge on any atom is -0.480 e. The first-order chi connectivity index (χ1) is 9.42. The lowest BCUT2D eigenvalue weighted by Gasteiger charge is -2.44. The molecule has 2 rings (SSSR count). The van der Waals surface area contributed by atoms with Crippen molar-refractivity contribution in [2.24, 2.45) is 5.41 Å². The number of rotatable bonds is 2. The Morgan fingerprint density at radius 3 is 2.55 bits per heavy atom. The second-order valence-corrected chi connectivity index (χ2v) is 6.50. The van der Waals surface area contributed by atoms with Gasteiger partial charge in [0.25, 0.3) is 0 Å². The monoisotopic (exact) mass is 283 g/mol. The zero-order valence-electron chi connectivity index (χ0n) is 12.3. The molecule has 0 radical (unpaired) electrons. The van der Waals surface area contributed by atoms with E-state index in [2.05, 4.69) is 10.6 Å². The third-order valence-corrected chi connectivity index (χ3v) is 4.43. The van der Waals surface area contributed by atoms with Gasteiger partial charge in [0.15, 0.2) is 0 Å². The number of nitrogens with zero attached hydrogens (tertiary/aromatic N) is 1. The van der Waals surface area contributed by atoms with Crippen molar-refractivity contribution in [3.05, 3.63) is 0 Å². The summed E-state index contributed by atoms with van der Waals surface area (Å²) in [5.41, 5.74) is -0.379. The molecular weight excluding hydrogens is 258 g/mol. The van der Waals surface area contributed by atoms with Crippen LogP contribution >= 0.6 is 0 Å². The normalized spacial score (nSPS) is 27.1. The molecule has 0 aromatic rings. The van der Waals surface area contributed by atoms with E-state index in [1.54, 1.807) is 0 Å². The van der Waals surface area contributed by atoms with Crippen molar-refractivity contribution >= 4 is 12.0 Å². The number of amides is 2. The highest BCUT2D eigenvalue weighted by molar-refractivity contribution is 5.83.